The van der Waals surface area contributed by atoms with Gasteiger partial charge in [-0.1, -0.05) is 175 Å². The fourth-order valence-corrected chi connectivity index (χ4v) is 8.25. The maximum absolute atomic E-state index is 6.52. The third-order valence-corrected chi connectivity index (χ3v) is 10.4. The van der Waals surface area contributed by atoms with Gasteiger partial charge in [-0.3, -0.25) is 0 Å². The van der Waals surface area contributed by atoms with Crippen molar-refractivity contribution in [3.05, 3.63) is 230 Å². The van der Waals surface area contributed by atoms with E-state index in [-0.39, 0.29) is 6.71 Å². The molecule has 1 aliphatic heterocycles. The van der Waals surface area contributed by atoms with Gasteiger partial charge in [0.2, 0.25) is 0 Å². The molecule has 1 aliphatic carbocycles. The van der Waals surface area contributed by atoms with Gasteiger partial charge in [0.1, 0.15) is 11.5 Å². The van der Waals surface area contributed by atoms with Crippen molar-refractivity contribution in [1.29, 1.82) is 0 Å². The van der Waals surface area contributed by atoms with Gasteiger partial charge in [0.25, 0.3) is 6.71 Å². The van der Waals surface area contributed by atoms with Crippen molar-refractivity contribution in [2.24, 2.45) is 0 Å². The molecule has 1 nitrogen and oxygen atoms in total. The Kier molecular flexibility index (Phi) is 6.67. The number of hydrogen-bond acceptors (Lipinski definition) is 1. The summed E-state index contributed by atoms with van der Waals surface area (Å²) in [5.74, 6) is 1.82. The summed E-state index contributed by atoms with van der Waals surface area (Å²) in [6, 6.07) is 68.4. The first-order chi connectivity index (χ1) is 24.8. The minimum atomic E-state index is -0.0237. The highest BCUT2D eigenvalue weighted by atomic mass is 16.5. The quantitative estimate of drug-likeness (QED) is 0.176. The van der Waals surface area contributed by atoms with E-state index in [1.165, 1.54) is 80.4 Å². The van der Waals surface area contributed by atoms with Gasteiger partial charge in [0.15, 0.2) is 0 Å². The second-order valence-corrected chi connectivity index (χ2v) is 13.1. The maximum Gasteiger partial charge on any atom is 0.252 e. The van der Waals surface area contributed by atoms with E-state index in [0.717, 1.165) is 11.5 Å². The van der Waals surface area contributed by atoms with E-state index in [1.54, 1.807) is 0 Å². The van der Waals surface area contributed by atoms with Crippen LogP contribution >= 0.6 is 0 Å². The predicted octanol–water partition coefficient (Wildman–Crippen LogP) is 9.10. The molecule has 0 saturated heterocycles. The fraction of sp³-hybridized carbons (Fsp3) is 0. The van der Waals surface area contributed by atoms with E-state index in [2.05, 4.69) is 188 Å². The number of rotatable bonds is 3. The van der Waals surface area contributed by atoms with Crippen LogP contribution in [0.2, 0.25) is 0 Å². The van der Waals surface area contributed by atoms with Crippen molar-refractivity contribution >= 4 is 23.1 Å². The largest absolute Gasteiger partial charge is 0.458 e. The minimum Gasteiger partial charge on any atom is -0.458 e. The Morgan fingerprint density at radius 3 is 1.26 bits per heavy atom. The number of benzene rings is 8. The normalized spacial score (nSPS) is 15.0. The van der Waals surface area contributed by atoms with Gasteiger partial charge >= 0.3 is 0 Å². The molecule has 10 rings (SSSR count). The Balaban J connectivity index is 1.38. The molecule has 0 unspecified atom stereocenters. The molecule has 0 aromatic heterocycles. The highest BCUT2D eigenvalue weighted by Crippen LogP contribution is 2.30. The Labute approximate surface area is 290 Å². The van der Waals surface area contributed by atoms with Crippen LogP contribution in [-0.2, 0) is 0 Å². The molecule has 0 spiro atoms. The van der Waals surface area contributed by atoms with E-state index in [9.17, 15) is 0 Å². The van der Waals surface area contributed by atoms with Crippen molar-refractivity contribution in [2.75, 3.05) is 0 Å². The lowest BCUT2D eigenvalue weighted by atomic mass is 9.34. The molecule has 2 heteroatoms. The molecule has 0 atom stereocenters. The number of hydrogen-bond donors (Lipinski definition) is 0. The molecule has 50 heavy (non-hydrogen) atoms. The summed E-state index contributed by atoms with van der Waals surface area (Å²) in [7, 11) is 0. The zero-order valence-electron chi connectivity index (χ0n) is 27.4. The molecule has 0 amide bonds. The zero-order valence-corrected chi connectivity index (χ0v) is 27.4. The Morgan fingerprint density at radius 1 is 0.300 bits per heavy atom. The highest BCUT2D eigenvalue weighted by molar-refractivity contribution is 6.98. The monoisotopic (exact) mass is 634 g/mol. The SMILES string of the molecule is c1ccc(-c2cccc(-c3ccc4/c(c3)=c3/cccc/c3=c3\cccc\c3=c3/cccc/c3=4)c2B2c3ccccc3Oc3ccccc32)cc1. The summed E-state index contributed by atoms with van der Waals surface area (Å²) in [5, 5.41) is 10.0. The van der Waals surface area contributed by atoms with E-state index in [4.69, 9.17) is 4.74 Å². The van der Waals surface area contributed by atoms with Crippen LogP contribution in [0.5, 0.6) is 11.5 Å². The third-order valence-electron chi connectivity index (χ3n) is 10.4. The topological polar surface area (TPSA) is 9.23 Å². The first-order valence-electron chi connectivity index (χ1n) is 17.3. The van der Waals surface area contributed by atoms with E-state index >= 15 is 0 Å². The maximum atomic E-state index is 6.52. The van der Waals surface area contributed by atoms with Crippen LogP contribution in [0, 0.1) is 41.7 Å². The van der Waals surface area contributed by atoms with Crippen LogP contribution in [0.1, 0.15) is 0 Å². The third kappa shape index (κ3) is 4.49. The Morgan fingerprint density at radius 2 is 0.720 bits per heavy atom. The van der Waals surface area contributed by atoms with Crippen molar-refractivity contribution in [1.82, 2.24) is 0 Å². The summed E-state index contributed by atoms with van der Waals surface area (Å²) >= 11 is 0. The second-order valence-electron chi connectivity index (χ2n) is 13.1. The van der Waals surface area contributed by atoms with Crippen LogP contribution in [-0.4, -0.2) is 6.71 Å². The van der Waals surface area contributed by atoms with Gasteiger partial charge < -0.3 is 4.74 Å². The van der Waals surface area contributed by atoms with Crippen LogP contribution in [0.25, 0.3) is 22.3 Å². The van der Waals surface area contributed by atoms with Crippen molar-refractivity contribution in [3.8, 4) is 33.8 Å². The lowest BCUT2D eigenvalue weighted by molar-refractivity contribution is 0.487. The molecule has 232 valence electrons. The zero-order chi connectivity index (χ0) is 33.0. The van der Waals surface area contributed by atoms with Crippen LogP contribution in [0.3, 0.4) is 0 Å². The number of ether oxygens (including phenoxy) is 1. The van der Waals surface area contributed by atoms with Crippen molar-refractivity contribution < 1.29 is 4.74 Å². The summed E-state index contributed by atoms with van der Waals surface area (Å²) in [6.07, 6.45) is 0. The molecule has 8 aromatic rings. The fourth-order valence-electron chi connectivity index (χ4n) is 8.25. The second kappa shape index (κ2) is 11.6. The molecule has 1 heterocycles. The van der Waals surface area contributed by atoms with Crippen LogP contribution in [0.4, 0.5) is 0 Å². The molecule has 0 bridgehead atoms. The van der Waals surface area contributed by atoms with Gasteiger partial charge in [0.05, 0.1) is 0 Å². The average Bonchev–Trinajstić information content (AvgIpc) is 3.19. The van der Waals surface area contributed by atoms with Gasteiger partial charge in [-0.15, -0.1) is 0 Å². The Hall–Kier alpha value is -6.38. The minimum absolute atomic E-state index is 0.0237. The molecule has 0 saturated carbocycles. The smallest absolute Gasteiger partial charge is 0.252 e. The molecular formula is C48H31BO. The average molecular weight is 635 g/mol. The number of para-hydroxylation sites is 2. The first kappa shape index (κ1) is 28.6. The molecule has 2 aliphatic rings. The van der Waals surface area contributed by atoms with Crippen molar-refractivity contribution in [3.63, 3.8) is 0 Å². The van der Waals surface area contributed by atoms with E-state index in [0.29, 0.717) is 0 Å². The summed E-state index contributed by atoms with van der Waals surface area (Å²) in [4.78, 5) is 0. The molecule has 0 N–H and O–H groups in total. The lowest BCUT2D eigenvalue weighted by Crippen LogP contribution is -2.56. The van der Waals surface area contributed by atoms with Gasteiger partial charge in [-0.25, -0.2) is 0 Å². The van der Waals surface area contributed by atoms with Gasteiger partial charge in [-0.05, 0) is 93.1 Å². The predicted molar refractivity (Wildman–Crippen MR) is 205 cm³/mol. The summed E-state index contributed by atoms with van der Waals surface area (Å²) < 4.78 is 6.52. The summed E-state index contributed by atoms with van der Waals surface area (Å²) in [5.41, 5.74) is 8.49. The highest BCUT2D eigenvalue weighted by Gasteiger charge is 2.35. The lowest BCUT2D eigenvalue weighted by Gasteiger charge is -2.29. The van der Waals surface area contributed by atoms with Crippen LogP contribution < -0.4 is 21.1 Å². The van der Waals surface area contributed by atoms with E-state index < -0.39 is 0 Å². The van der Waals surface area contributed by atoms with Crippen molar-refractivity contribution in [2.45, 2.75) is 0 Å². The van der Waals surface area contributed by atoms with Gasteiger partial charge in [-0.2, -0.15) is 0 Å². The Bertz CT molecular complexity index is 2980. The summed E-state index contributed by atoms with van der Waals surface area (Å²) in [6.45, 7) is -0.0237. The molecule has 0 radical (unpaired) electrons. The first-order valence-corrected chi connectivity index (χ1v) is 17.3. The molecule has 0 fully saturated rings. The molecule has 8 aromatic carbocycles. The molecular weight excluding hydrogens is 603 g/mol. The standard InChI is InChI=1S/C48H31BO/c1-2-15-32(16-3-1)34-23-14-24-35(48(34)49-44-25-10-12-27-46(44)50-47-28-13-11-26-45(47)49)33-29-30-42-40-21-7-6-19-38(40)36-17-4-5-18-37(36)39-20-8-9-22-41(39)43(42)31-33/h1-31H/b38-36-,39-37-,42-40-,43-41-. The number of fused-ring (bicyclic) bond motifs is 6. The van der Waals surface area contributed by atoms with Crippen LogP contribution in [0.15, 0.2) is 188 Å². The van der Waals surface area contributed by atoms with E-state index in [1.807, 2.05) is 0 Å². The van der Waals surface area contributed by atoms with Gasteiger partial charge in [0, 0.05) is 0 Å².